The fraction of sp³-hybridized carbons (Fsp3) is 0.200. The zero-order valence-electron chi connectivity index (χ0n) is 9.97. The largest absolute Gasteiger partial charge is 0.476 e. The van der Waals surface area contributed by atoms with Crippen molar-refractivity contribution in [3.63, 3.8) is 0 Å². The number of carboxylic acid groups (broad SMARTS) is 1. The van der Waals surface area contributed by atoms with E-state index in [9.17, 15) is 22.8 Å². The van der Waals surface area contributed by atoms with Gasteiger partial charge in [-0.1, -0.05) is 11.1 Å². The molecular formula is C10H6F3N3O4S. The molecule has 1 heterocycles. The first kappa shape index (κ1) is 16.4. The maximum Gasteiger partial charge on any atom is 0.471 e. The molecule has 0 saturated carbocycles. The third-order valence-corrected chi connectivity index (χ3v) is 2.49. The Balaban J connectivity index is 2.90. The van der Waals surface area contributed by atoms with Crippen molar-refractivity contribution in [2.24, 2.45) is 5.16 Å². The zero-order chi connectivity index (χ0) is 16.0. The van der Waals surface area contributed by atoms with Crippen LogP contribution >= 0.6 is 11.3 Å². The number of rotatable bonds is 5. The van der Waals surface area contributed by atoms with E-state index in [1.807, 2.05) is 5.92 Å². The molecule has 0 spiro atoms. The number of oxime groups is 1. The molecule has 0 aliphatic rings. The molecule has 0 atom stereocenters. The van der Waals surface area contributed by atoms with Crippen LogP contribution in [0.1, 0.15) is 5.69 Å². The Hall–Kier alpha value is -2.61. The van der Waals surface area contributed by atoms with Gasteiger partial charge in [0.1, 0.15) is 5.69 Å². The van der Waals surface area contributed by atoms with Gasteiger partial charge < -0.3 is 9.94 Å². The number of amides is 1. The molecule has 112 valence electrons. The Kier molecular flexibility index (Phi) is 5.25. The van der Waals surface area contributed by atoms with E-state index >= 15 is 0 Å². The Morgan fingerprint density at radius 3 is 2.76 bits per heavy atom. The number of anilines is 1. The lowest BCUT2D eigenvalue weighted by Gasteiger charge is -2.04. The second-order valence-electron chi connectivity index (χ2n) is 3.21. The van der Waals surface area contributed by atoms with E-state index in [1.165, 1.54) is 5.32 Å². The van der Waals surface area contributed by atoms with E-state index in [2.05, 4.69) is 15.0 Å². The lowest BCUT2D eigenvalue weighted by molar-refractivity contribution is -0.167. The van der Waals surface area contributed by atoms with Crippen LogP contribution in [0.3, 0.4) is 0 Å². The molecule has 2 N–H and O–H groups in total. The monoisotopic (exact) mass is 321 g/mol. The lowest BCUT2D eigenvalue weighted by atomic mass is 10.3. The van der Waals surface area contributed by atoms with Crippen molar-refractivity contribution in [1.29, 1.82) is 0 Å². The molecule has 21 heavy (non-hydrogen) atoms. The summed E-state index contributed by atoms with van der Waals surface area (Å²) in [6.07, 6.45) is -0.208. The van der Waals surface area contributed by atoms with Gasteiger partial charge in [0, 0.05) is 5.38 Å². The fourth-order valence-electron chi connectivity index (χ4n) is 0.937. The Labute approximate surface area is 119 Å². The number of carbonyl (C=O) groups is 2. The molecule has 0 bridgehead atoms. The predicted octanol–water partition coefficient (Wildman–Crippen LogP) is 1.08. The molecule has 1 aromatic rings. The first-order valence-electron chi connectivity index (χ1n) is 4.96. The minimum atomic E-state index is -5.08. The van der Waals surface area contributed by atoms with E-state index in [0.717, 1.165) is 5.38 Å². The number of aliphatic carboxylic acids is 1. The van der Waals surface area contributed by atoms with Gasteiger partial charge in [-0.3, -0.25) is 10.1 Å². The number of hydrogen-bond donors (Lipinski definition) is 2. The summed E-state index contributed by atoms with van der Waals surface area (Å²) < 4.78 is 36.1. The van der Waals surface area contributed by atoms with Gasteiger partial charge in [-0.25, -0.2) is 9.78 Å². The van der Waals surface area contributed by atoms with Crippen LogP contribution in [0.5, 0.6) is 0 Å². The van der Waals surface area contributed by atoms with E-state index in [0.29, 0.717) is 11.3 Å². The standard InChI is InChI=1S/C10H6F3N3O4S/c1-2-3-20-16-6(7(17)18)5-4-21-9(14-5)15-8(19)10(11,12)13/h1,4H,3H2,(H,17,18)(H,14,15,19). The van der Waals surface area contributed by atoms with Crippen molar-refractivity contribution in [2.45, 2.75) is 6.18 Å². The first-order chi connectivity index (χ1) is 9.75. The number of carbonyl (C=O) groups excluding carboxylic acids is 1. The fourth-order valence-corrected chi connectivity index (χ4v) is 1.63. The second-order valence-corrected chi connectivity index (χ2v) is 4.07. The predicted molar refractivity (Wildman–Crippen MR) is 65.8 cm³/mol. The number of terminal acetylenes is 1. The Morgan fingerprint density at radius 1 is 1.57 bits per heavy atom. The molecule has 0 aromatic carbocycles. The summed E-state index contributed by atoms with van der Waals surface area (Å²) in [6.45, 7) is -0.293. The summed E-state index contributed by atoms with van der Waals surface area (Å²) in [5.41, 5.74) is -0.934. The highest BCUT2D eigenvalue weighted by Gasteiger charge is 2.39. The van der Waals surface area contributed by atoms with Gasteiger partial charge in [0.15, 0.2) is 11.7 Å². The maximum atomic E-state index is 12.0. The summed E-state index contributed by atoms with van der Waals surface area (Å²) in [4.78, 5) is 29.6. The Morgan fingerprint density at radius 2 is 2.24 bits per heavy atom. The van der Waals surface area contributed by atoms with E-state index in [-0.39, 0.29) is 12.3 Å². The van der Waals surface area contributed by atoms with Crippen LogP contribution in [0.15, 0.2) is 10.5 Å². The van der Waals surface area contributed by atoms with Gasteiger partial charge in [-0.2, -0.15) is 13.2 Å². The highest BCUT2D eigenvalue weighted by atomic mass is 32.1. The smallest absolute Gasteiger partial charge is 0.471 e. The van der Waals surface area contributed by atoms with Gasteiger partial charge in [0.25, 0.3) is 0 Å². The first-order valence-corrected chi connectivity index (χ1v) is 5.84. The van der Waals surface area contributed by atoms with Crippen LogP contribution < -0.4 is 5.32 Å². The van der Waals surface area contributed by atoms with Gasteiger partial charge in [-0.15, -0.1) is 17.8 Å². The SMILES string of the molecule is C#CCON=C(C(=O)O)c1csc(NC(=O)C(F)(F)F)n1. The van der Waals surface area contributed by atoms with E-state index in [1.54, 1.807) is 0 Å². The van der Waals surface area contributed by atoms with Crippen molar-refractivity contribution >= 4 is 34.1 Å². The average molecular weight is 321 g/mol. The number of halogens is 3. The number of alkyl halides is 3. The normalized spacial score (nSPS) is 11.6. The van der Waals surface area contributed by atoms with E-state index < -0.39 is 28.9 Å². The quantitative estimate of drug-likeness (QED) is 0.366. The van der Waals surface area contributed by atoms with Gasteiger partial charge in [-0.05, 0) is 0 Å². The van der Waals surface area contributed by atoms with Crippen LogP contribution in [0.2, 0.25) is 0 Å². The number of hydrogen-bond acceptors (Lipinski definition) is 6. The number of nitrogens with zero attached hydrogens (tertiary/aromatic N) is 2. The molecule has 0 saturated heterocycles. The molecular weight excluding hydrogens is 315 g/mol. The molecule has 0 unspecified atom stereocenters. The van der Waals surface area contributed by atoms with Crippen LogP contribution in [0.25, 0.3) is 0 Å². The third kappa shape index (κ3) is 4.77. The zero-order valence-corrected chi connectivity index (χ0v) is 10.8. The maximum absolute atomic E-state index is 12.0. The van der Waals surface area contributed by atoms with Crippen molar-refractivity contribution < 1.29 is 32.7 Å². The minimum Gasteiger partial charge on any atom is -0.476 e. The topological polar surface area (TPSA) is 101 Å². The number of thiazole rings is 1. The molecule has 1 aromatic heterocycles. The van der Waals surface area contributed by atoms with Gasteiger partial charge in [0.05, 0.1) is 0 Å². The Bertz CT molecular complexity index is 618. The second kappa shape index (κ2) is 6.71. The van der Waals surface area contributed by atoms with Crippen molar-refractivity contribution in [1.82, 2.24) is 4.98 Å². The van der Waals surface area contributed by atoms with Crippen molar-refractivity contribution in [3.8, 4) is 12.3 Å². The van der Waals surface area contributed by atoms with Gasteiger partial charge >= 0.3 is 18.1 Å². The number of nitrogens with one attached hydrogen (secondary N) is 1. The summed E-state index contributed by atoms with van der Waals surface area (Å²) in [5.74, 6) is -1.70. The molecule has 0 fully saturated rings. The van der Waals surface area contributed by atoms with Gasteiger partial charge in [0.2, 0.25) is 5.71 Å². The molecule has 1 amide bonds. The molecule has 7 nitrogen and oxygen atoms in total. The summed E-state index contributed by atoms with van der Waals surface area (Å²) in [6, 6.07) is 0. The molecule has 1 rings (SSSR count). The van der Waals surface area contributed by atoms with E-state index in [4.69, 9.17) is 11.5 Å². The van der Waals surface area contributed by atoms with Crippen molar-refractivity contribution in [2.75, 3.05) is 11.9 Å². The minimum absolute atomic E-state index is 0.276. The highest BCUT2D eigenvalue weighted by molar-refractivity contribution is 7.14. The van der Waals surface area contributed by atoms with Crippen LogP contribution in [0.4, 0.5) is 18.3 Å². The highest BCUT2D eigenvalue weighted by Crippen LogP contribution is 2.21. The summed E-state index contributed by atoms with van der Waals surface area (Å²) >= 11 is 0.596. The van der Waals surface area contributed by atoms with Crippen LogP contribution in [-0.4, -0.2) is 40.5 Å². The van der Waals surface area contributed by atoms with Crippen LogP contribution in [0, 0.1) is 12.3 Å². The lowest BCUT2D eigenvalue weighted by Crippen LogP contribution is -2.29. The molecule has 11 heteroatoms. The molecule has 0 radical (unpaired) electrons. The number of aromatic nitrogens is 1. The van der Waals surface area contributed by atoms with Crippen molar-refractivity contribution in [3.05, 3.63) is 11.1 Å². The van der Waals surface area contributed by atoms with Crippen LogP contribution in [-0.2, 0) is 14.4 Å². The molecule has 0 aliphatic carbocycles. The number of carboxylic acids is 1. The summed E-state index contributed by atoms with van der Waals surface area (Å²) in [7, 11) is 0. The third-order valence-electron chi connectivity index (χ3n) is 1.73. The summed E-state index contributed by atoms with van der Waals surface area (Å²) in [5, 5.41) is 14.2. The average Bonchev–Trinajstić information content (AvgIpc) is 2.81. The molecule has 0 aliphatic heterocycles.